The molecule has 1 N–H and O–H groups in total. The van der Waals surface area contributed by atoms with E-state index >= 15 is 0 Å². The maximum atomic E-state index is 11.7. The molecule has 1 aromatic carbocycles. The molecule has 0 radical (unpaired) electrons. The number of carbonyl (C=O) groups excluding carboxylic acids is 1. The zero-order chi connectivity index (χ0) is 18.5. The van der Waals surface area contributed by atoms with E-state index < -0.39 is 17.1 Å². The summed E-state index contributed by atoms with van der Waals surface area (Å²) < 4.78 is 4.71. The van der Waals surface area contributed by atoms with Crippen LogP contribution in [0, 0.1) is 10.1 Å². The minimum atomic E-state index is -0.553. The second-order valence-corrected chi connectivity index (χ2v) is 7.18. The molecule has 0 saturated heterocycles. The SMILES string of the molecule is COC(=O)N[C@@H](Cc1ccc([N+](=O)[O-])cc1)c1csc(-c2cccs2)n1. The first-order chi connectivity index (χ1) is 12.6. The van der Waals surface area contributed by atoms with Crippen LogP contribution in [-0.2, 0) is 11.2 Å². The third-order valence-electron chi connectivity index (χ3n) is 3.68. The molecule has 7 nitrogen and oxygen atoms in total. The van der Waals surface area contributed by atoms with E-state index in [2.05, 4.69) is 10.3 Å². The number of amides is 1. The number of thiophene rings is 1. The summed E-state index contributed by atoms with van der Waals surface area (Å²) in [5, 5.41) is 18.3. The number of benzene rings is 1. The number of rotatable bonds is 6. The van der Waals surface area contributed by atoms with Gasteiger partial charge < -0.3 is 10.1 Å². The number of non-ortho nitro benzene ring substituents is 1. The first-order valence-electron chi connectivity index (χ1n) is 7.64. The van der Waals surface area contributed by atoms with Crippen molar-refractivity contribution in [1.29, 1.82) is 0 Å². The number of nitro groups is 1. The fourth-order valence-electron chi connectivity index (χ4n) is 2.38. The number of carbonyl (C=O) groups is 1. The van der Waals surface area contributed by atoms with Crippen LogP contribution in [0.4, 0.5) is 10.5 Å². The van der Waals surface area contributed by atoms with Gasteiger partial charge in [0, 0.05) is 17.5 Å². The lowest BCUT2D eigenvalue weighted by Crippen LogP contribution is -2.30. The van der Waals surface area contributed by atoms with E-state index in [4.69, 9.17) is 4.74 Å². The summed E-state index contributed by atoms with van der Waals surface area (Å²) in [5.74, 6) is 0. The number of thiazole rings is 1. The van der Waals surface area contributed by atoms with Gasteiger partial charge >= 0.3 is 6.09 Å². The van der Waals surface area contributed by atoms with Crippen molar-refractivity contribution in [2.45, 2.75) is 12.5 Å². The smallest absolute Gasteiger partial charge is 0.407 e. The number of hydrogen-bond donors (Lipinski definition) is 1. The third-order valence-corrected chi connectivity index (χ3v) is 5.57. The molecule has 0 bridgehead atoms. The summed E-state index contributed by atoms with van der Waals surface area (Å²) in [6.07, 6.45) is -0.108. The van der Waals surface area contributed by atoms with Gasteiger partial charge in [0.05, 0.1) is 28.6 Å². The summed E-state index contributed by atoms with van der Waals surface area (Å²) in [7, 11) is 1.30. The zero-order valence-corrected chi connectivity index (χ0v) is 15.4. The molecule has 26 heavy (non-hydrogen) atoms. The molecule has 0 spiro atoms. The van der Waals surface area contributed by atoms with Crippen molar-refractivity contribution in [3.63, 3.8) is 0 Å². The molecule has 3 rings (SSSR count). The van der Waals surface area contributed by atoms with Crippen molar-refractivity contribution >= 4 is 34.5 Å². The van der Waals surface area contributed by atoms with E-state index in [1.165, 1.54) is 30.6 Å². The van der Waals surface area contributed by atoms with Crippen LogP contribution in [0.25, 0.3) is 9.88 Å². The van der Waals surface area contributed by atoms with Gasteiger partial charge in [-0.1, -0.05) is 18.2 Å². The number of methoxy groups -OCH3 is 1. The van der Waals surface area contributed by atoms with Crippen LogP contribution < -0.4 is 5.32 Å². The van der Waals surface area contributed by atoms with Crippen molar-refractivity contribution in [2.24, 2.45) is 0 Å². The number of alkyl carbamates (subject to hydrolysis) is 1. The van der Waals surface area contributed by atoms with Gasteiger partial charge in [0.25, 0.3) is 5.69 Å². The van der Waals surface area contributed by atoms with Crippen LogP contribution in [-0.4, -0.2) is 23.1 Å². The minimum Gasteiger partial charge on any atom is -0.453 e. The summed E-state index contributed by atoms with van der Waals surface area (Å²) in [5.41, 5.74) is 1.60. The van der Waals surface area contributed by atoms with Crippen LogP contribution >= 0.6 is 22.7 Å². The number of nitrogens with one attached hydrogen (secondary N) is 1. The molecule has 0 saturated carbocycles. The van der Waals surface area contributed by atoms with Crippen LogP contribution in [0.2, 0.25) is 0 Å². The Kier molecular flexibility index (Phi) is 5.59. The predicted molar refractivity (Wildman–Crippen MR) is 101 cm³/mol. The minimum absolute atomic E-state index is 0.0277. The van der Waals surface area contributed by atoms with Gasteiger partial charge in [0.15, 0.2) is 0 Å². The lowest BCUT2D eigenvalue weighted by atomic mass is 10.0. The van der Waals surface area contributed by atoms with Crippen LogP contribution in [0.3, 0.4) is 0 Å². The van der Waals surface area contributed by atoms with Crippen molar-refractivity contribution in [3.8, 4) is 9.88 Å². The largest absolute Gasteiger partial charge is 0.453 e. The van der Waals surface area contributed by atoms with Crippen LogP contribution in [0.15, 0.2) is 47.2 Å². The summed E-state index contributed by atoms with van der Waals surface area (Å²) in [6, 6.07) is 9.81. The predicted octanol–water partition coefficient (Wildman–Crippen LogP) is 4.42. The Morgan fingerprint density at radius 2 is 2.08 bits per heavy atom. The number of nitrogens with zero attached hydrogens (tertiary/aromatic N) is 2. The molecule has 0 aliphatic carbocycles. The standard InChI is InChI=1S/C17H15N3O4S2/c1-24-17(21)19-13(9-11-4-6-12(7-5-11)20(22)23)14-10-26-16(18-14)15-3-2-8-25-15/h2-8,10,13H,9H2,1H3,(H,19,21)/t13-/m0/s1. The number of hydrogen-bond acceptors (Lipinski definition) is 7. The maximum absolute atomic E-state index is 11.7. The first kappa shape index (κ1) is 18.0. The number of nitro benzene ring substituents is 1. The van der Waals surface area contributed by atoms with E-state index in [1.54, 1.807) is 23.5 Å². The summed E-state index contributed by atoms with van der Waals surface area (Å²) in [6.45, 7) is 0. The van der Waals surface area contributed by atoms with Gasteiger partial charge in [-0.3, -0.25) is 10.1 Å². The Bertz CT molecular complexity index is 891. The van der Waals surface area contributed by atoms with Gasteiger partial charge in [-0.2, -0.15) is 0 Å². The highest BCUT2D eigenvalue weighted by Crippen LogP contribution is 2.30. The van der Waals surface area contributed by atoms with E-state index in [-0.39, 0.29) is 5.69 Å². The molecule has 0 aliphatic heterocycles. The molecule has 2 aromatic heterocycles. The first-order valence-corrected chi connectivity index (χ1v) is 9.40. The molecule has 9 heteroatoms. The highest BCUT2D eigenvalue weighted by atomic mass is 32.1. The zero-order valence-electron chi connectivity index (χ0n) is 13.7. The number of aromatic nitrogens is 1. The van der Waals surface area contributed by atoms with E-state index in [1.807, 2.05) is 22.9 Å². The normalized spacial score (nSPS) is 11.7. The Morgan fingerprint density at radius 3 is 2.69 bits per heavy atom. The molecule has 1 atom stereocenters. The van der Waals surface area contributed by atoms with Crippen LogP contribution in [0.1, 0.15) is 17.3 Å². The van der Waals surface area contributed by atoms with Crippen molar-refractivity contribution in [1.82, 2.24) is 10.3 Å². The Hall–Kier alpha value is -2.78. The molecule has 0 aliphatic rings. The lowest BCUT2D eigenvalue weighted by Gasteiger charge is -2.16. The second-order valence-electron chi connectivity index (χ2n) is 5.37. The molecular weight excluding hydrogens is 374 g/mol. The highest BCUT2D eigenvalue weighted by molar-refractivity contribution is 7.20. The van der Waals surface area contributed by atoms with E-state index in [0.717, 1.165) is 21.1 Å². The quantitative estimate of drug-likeness (QED) is 0.497. The third kappa shape index (κ3) is 4.24. The lowest BCUT2D eigenvalue weighted by molar-refractivity contribution is -0.384. The fraction of sp³-hybridized carbons (Fsp3) is 0.176. The molecule has 3 aromatic rings. The van der Waals surface area contributed by atoms with Crippen molar-refractivity contribution in [2.75, 3.05) is 7.11 Å². The average Bonchev–Trinajstić information content (AvgIpc) is 3.32. The summed E-state index contributed by atoms with van der Waals surface area (Å²) >= 11 is 3.10. The van der Waals surface area contributed by atoms with Gasteiger partial charge in [-0.15, -0.1) is 22.7 Å². The Balaban J connectivity index is 1.83. The molecule has 0 fully saturated rings. The Morgan fingerprint density at radius 1 is 1.31 bits per heavy atom. The molecule has 1 amide bonds. The monoisotopic (exact) mass is 389 g/mol. The molecule has 134 valence electrons. The van der Waals surface area contributed by atoms with Crippen LogP contribution in [0.5, 0.6) is 0 Å². The second kappa shape index (κ2) is 8.07. The van der Waals surface area contributed by atoms with Crippen molar-refractivity contribution < 1.29 is 14.5 Å². The summed E-state index contributed by atoms with van der Waals surface area (Å²) in [4.78, 5) is 27.8. The highest BCUT2D eigenvalue weighted by Gasteiger charge is 2.20. The Labute approximate surface area is 157 Å². The number of ether oxygens (including phenoxy) is 1. The fourth-order valence-corrected chi connectivity index (χ4v) is 4.07. The van der Waals surface area contributed by atoms with Gasteiger partial charge in [-0.05, 0) is 23.4 Å². The van der Waals surface area contributed by atoms with E-state index in [0.29, 0.717) is 6.42 Å². The topological polar surface area (TPSA) is 94.4 Å². The van der Waals surface area contributed by atoms with Gasteiger partial charge in [-0.25, -0.2) is 9.78 Å². The van der Waals surface area contributed by atoms with Gasteiger partial charge in [0.2, 0.25) is 0 Å². The maximum Gasteiger partial charge on any atom is 0.407 e. The molecular formula is C17H15N3O4S2. The van der Waals surface area contributed by atoms with Crippen molar-refractivity contribution in [3.05, 3.63) is 68.5 Å². The van der Waals surface area contributed by atoms with Gasteiger partial charge in [0.1, 0.15) is 5.01 Å². The van der Waals surface area contributed by atoms with E-state index in [9.17, 15) is 14.9 Å². The average molecular weight is 389 g/mol. The molecule has 2 heterocycles. The molecule has 0 unspecified atom stereocenters.